The van der Waals surface area contributed by atoms with E-state index in [4.69, 9.17) is 4.74 Å². The molecule has 2 nitrogen and oxygen atoms in total. The quantitative estimate of drug-likeness (QED) is 0.844. The predicted octanol–water partition coefficient (Wildman–Crippen LogP) is 3.01. The van der Waals surface area contributed by atoms with Crippen LogP contribution in [0.15, 0.2) is 18.2 Å². The second-order valence-electron chi connectivity index (χ2n) is 5.28. The molecule has 2 heteroatoms. The first-order valence-electron chi connectivity index (χ1n) is 6.85. The van der Waals surface area contributed by atoms with E-state index < -0.39 is 0 Å². The van der Waals surface area contributed by atoms with Gasteiger partial charge in [0.2, 0.25) is 0 Å². The molecule has 1 fully saturated rings. The molecule has 1 N–H and O–H groups in total. The van der Waals surface area contributed by atoms with Crippen LogP contribution in [0, 0.1) is 5.92 Å². The van der Waals surface area contributed by atoms with Crippen LogP contribution in [-0.2, 0) is 17.6 Å². The lowest BCUT2D eigenvalue weighted by Gasteiger charge is -2.23. The monoisotopic (exact) mass is 231 g/mol. The Balaban J connectivity index is 1.70. The number of rotatable bonds is 2. The standard InChI is InChI=1S/C15H21NO/c1-2-14-11-13(3-4-15(14)16-7-1)10-12-5-8-17-9-6-12/h3-4,11-12,16H,1-2,5-10H2. The summed E-state index contributed by atoms with van der Waals surface area (Å²) in [6.07, 6.45) is 6.21. The van der Waals surface area contributed by atoms with E-state index >= 15 is 0 Å². The van der Waals surface area contributed by atoms with E-state index in [1.165, 1.54) is 48.9 Å². The van der Waals surface area contributed by atoms with Gasteiger partial charge in [0.25, 0.3) is 0 Å². The number of fused-ring (bicyclic) bond motifs is 1. The first kappa shape index (κ1) is 11.1. The van der Waals surface area contributed by atoms with Crippen LogP contribution in [0.1, 0.15) is 30.4 Å². The van der Waals surface area contributed by atoms with Crippen molar-refractivity contribution < 1.29 is 4.74 Å². The maximum Gasteiger partial charge on any atom is 0.0468 e. The zero-order chi connectivity index (χ0) is 11.5. The lowest BCUT2D eigenvalue weighted by Crippen LogP contribution is -2.18. The summed E-state index contributed by atoms with van der Waals surface area (Å²) in [7, 11) is 0. The summed E-state index contributed by atoms with van der Waals surface area (Å²) >= 11 is 0. The van der Waals surface area contributed by atoms with Gasteiger partial charge >= 0.3 is 0 Å². The minimum atomic E-state index is 0.832. The molecule has 1 saturated heterocycles. The highest BCUT2D eigenvalue weighted by Gasteiger charge is 2.15. The Hall–Kier alpha value is -1.02. The van der Waals surface area contributed by atoms with Gasteiger partial charge in [-0.1, -0.05) is 12.1 Å². The minimum Gasteiger partial charge on any atom is -0.385 e. The Kier molecular flexibility index (Phi) is 3.32. The predicted molar refractivity (Wildman–Crippen MR) is 70.5 cm³/mol. The van der Waals surface area contributed by atoms with E-state index in [1.807, 2.05) is 0 Å². The Labute approximate surface area is 103 Å². The summed E-state index contributed by atoms with van der Waals surface area (Å²) in [6, 6.07) is 6.98. The fraction of sp³-hybridized carbons (Fsp3) is 0.600. The van der Waals surface area contributed by atoms with E-state index in [2.05, 4.69) is 23.5 Å². The van der Waals surface area contributed by atoms with E-state index in [1.54, 1.807) is 0 Å². The topological polar surface area (TPSA) is 21.3 Å². The third-order valence-electron chi connectivity index (χ3n) is 3.97. The second kappa shape index (κ2) is 5.09. The van der Waals surface area contributed by atoms with E-state index in [0.717, 1.165) is 25.7 Å². The van der Waals surface area contributed by atoms with Crippen LogP contribution in [0.4, 0.5) is 5.69 Å². The van der Waals surface area contributed by atoms with Gasteiger partial charge in [0.05, 0.1) is 0 Å². The molecule has 0 spiro atoms. The average Bonchev–Trinajstić information content (AvgIpc) is 2.40. The molecule has 1 aromatic carbocycles. The number of nitrogens with one attached hydrogen (secondary N) is 1. The zero-order valence-electron chi connectivity index (χ0n) is 10.4. The van der Waals surface area contributed by atoms with Crippen molar-refractivity contribution in [2.24, 2.45) is 5.92 Å². The third-order valence-corrected chi connectivity index (χ3v) is 3.97. The van der Waals surface area contributed by atoms with E-state index in [-0.39, 0.29) is 0 Å². The number of hydrogen-bond donors (Lipinski definition) is 1. The molecule has 0 aromatic heterocycles. The Morgan fingerprint density at radius 1 is 1.24 bits per heavy atom. The Morgan fingerprint density at radius 2 is 2.12 bits per heavy atom. The van der Waals surface area contributed by atoms with Gasteiger partial charge in [0.15, 0.2) is 0 Å². The summed E-state index contributed by atoms with van der Waals surface area (Å²) in [4.78, 5) is 0. The number of hydrogen-bond acceptors (Lipinski definition) is 2. The van der Waals surface area contributed by atoms with Crippen molar-refractivity contribution >= 4 is 5.69 Å². The van der Waals surface area contributed by atoms with Gasteiger partial charge in [-0.25, -0.2) is 0 Å². The number of benzene rings is 1. The minimum absolute atomic E-state index is 0.832. The molecule has 2 aliphatic rings. The summed E-state index contributed by atoms with van der Waals surface area (Å²) < 4.78 is 5.42. The summed E-state index contributed by atoms with van der Waals surface area (Å²) in [6.45, 7) is 3.04. The molecule has 92 valence electrons. The summed E-state index contributed by atoms with van der Waals surface area (Å²) in [5.74, 6) is 0.832. The van der Waals surface area contributed by atoms with Gasteiger partial charge in [0, 0.05) is 25.4 Å². The highest BCUT2D eigenvalue weighted by Crippen LogP contribution is 2.26. The van der Waals surface area contributed by atoms with Crippen molar-refractivity contribution in [2.75, 3.05) is 25.1 Å². The number of aryl methyl sites for hydroxylation is 1. The van der Waals surface area contributed by atoms with Crippen LogP contribution in [0.2, 0.25) is 0 Å². The van der Waals surface area contributed by atoms with Gasteiger partial charge in [-0.3, -0.25) is 0 Å². The molecule has 0 saturated carbocycles. The van der Waals surface area contributed by atoms with Crippen molar-refractivity contribution in [3.63, 3.8) is 0 Å². The molecule has 1 aromatic rings. The highest BCUT2D eigenvalue weighted by atomic mass is 16.5. The molecule has 0 radical (unpaired) electrons. The van der Waals surface area contributed by atoms with Crippen LogP contribution in [-0.4, -0.2) is 19.8 Å². The molecular weight excluding hydrogens is 210 g/mol. The van der Waals surface area contributed by atoms with Crippen molar-refractivity contribution in [3.8, 4) is 0 Å². The first-order chi connectivity index (χ1) is 8.42. The number of anilines is 1. The fourth-order valence-electron chi connectivity index (χ4n) is 2.94. The summed E-state index contributed by atoms with van der Waals surface area (Å²) in [5, 5.41) is 3.47. The molecule has 2 aliphatic heterocycles. The maximum atomic E-state index is 5.42. The summed E-state index contributed by atoms with van der Waals surface area (Å²) in [5.41, 5.74) is 4.38. The molecule has 0 amide bonds. The van der Waals surface area contributed by atoms with E-state index in [9.17, 15) is 0 Å². The molecule has 0 atom stereocenters. The van der Waals surface area contributed by atoms with Gasteiger partial charge in [-0.2, -0.15) is 0 Å². The van der Waals surface area contributed by atoms with Crippen LogP contribution >= 0.6 is 0 Å². The molecule has 3 rings (SSSR count). The fourth-order valence-corrected chi connectivity index (χ4v) is 2.94. The van der Waals surface area contributed by atoms with Gasteiger partial charge in [0.1, 0.15) is 0 Å². The highest BCUT2D eigenvalue weighted by molar-refractivity contribution is 5.54. The average molecular weight is 231 g/mol. The van der Waals surface area contributed by atoms with Crippen molar-refractivity contribution in [3.05, 3.63) is 29.3 Å². The second-order valence-corrected chi connectivity index (χ2v) is 5.28. The van der Waals surface area contributed by atoms with Crippen LogP contribution < -0.4 is 5.32 Å². The van der Waals surface area contributed by atoms with Gasteiger partial charge in [-0.05, 0) is 55.2 Å². The molecule has 0 unspecified atom stereocenters. The normalized spacial score (nSPS) is 20.7. The molecule has 17 heavy (non-hydrogen) atoms. The molecular formula is C15H21NO. The largest absolute Gasteiger partial charge is 0.385 e. The third kappa shape index (κ3) is 2.63. The van der Waals surface area contributed by atoms with Crippen molar-refractivity contribution in [1.82, 2.24) is 0 Å². The van der Waals surface area contributed by atoms with Gasteiger partial charge < -0.3 is 10.1 Å². The van der Waals surface area contributed by atoms with Crippen LogP contribution in [0.25, 0.3) is 0 Å². The Morgan fingerprint density at radius 3 is 3.00 bits per heavy atom. The Bertz CT molecular complexity index is 383. The lowest BCUT2D eigenvalue weighted by atomic mass is 9.90. The van der Waals surface area contributed by atoms with Crippen LogP contribution in [0.5, 0.6) is 0 Å². The zero-order valence-corrected chi connectivity index (χ0v) is 10.4. The maximum absolute atomic E-state index is 5.42. The smallest absolute Gasteiger partial charge is 0.0468 e. The van der Waals surface area contributed by atoms with Gasteiger partial charge in [-0.15, -0.1) is 0 Å². The SMILES string of the molecule is c1cc2c(cc1CC1CCOCC1)CCCN2. The molecule has 2 heterocycles. The number of ether oxygens (including phenoxy) is 1. The van der Waals surface area contributed by atoms with Crippen molar-refractivity contribution in [2.45, 2.75) is 32.1 Å². The molecule has 0 bridgehead atoms. The van der Waals surface area contributed by atoms with Crippen LogP contribution in [0.3, 0.4) is 0 Å². The van der Waals surface area contributed by atoms with Crippen molar-refractivity contribution in [1.29, 1.82) is 0 Å². The van der Waals surface area contributed by atoms with E-state index in [0.29, 0.717) is 0 Å². The lowest BCUT2D eigenvalue weighted by molar-refractivity contribution is 0.0665. The molecule has 0 aliphatic carbocycles. The first-order valence-corrected chi connectivity index (χ1v) is 6.85.